The topological polar surface area (TPSA) is 49.6 Å². The van der Waals surface area contributed by atoms with E-state index in [4.69, 9.17) is 5.73 Å². The third-order valence-corrected chi connectivity index (χ3v) is 4.42. The largest absolute Gasteiger partial charge is 0.344 e. The Kier molecular flexibility index (Phi) is 5.01. The van der Waals surface area contributed by atoms with Gasteiger partial charge in [-0.3, -0.25) is 4.79 Å². The lowest BCUT2D eigenvalue weighted by Crippen LogP contribution is -2.51. The molecule has 0 aliphatic carbocycles. The van der Waals surface area contributed by atoms with Gasteiger partial charge in [0.2, 0.25) is 5.91 Å². The number of piperidine rings is 1. The summed E-state index contributed by atoms with van der Waals surface area (Å²) >= 11 is 0. The number of hydrogen-bond acceptors (Lipinski definition) is 3. The van der Waals surface area contributed by atoms with Crippen LogP contribution in [-0.2, 0) is 10.3 Å². The molecule has 0 radical (unpaired) electrons. The van der Waals surface area contributed by atoms with Gasteiger partial charge in [0.05, 0.1) is 0 Å². The second-order valence-corrected chi connectivity index (χ2v) is 6.52. The standard InChI is InChI=1S/C17H27N3O/c1-17(18,15-9-5-4-6-10-15)16(21)20(3)13-14-8-7-11-19(2)12-14/h4-6,9-10,14H,7-8,11-13,18H2,1-3H3. The minimum atomic E-state index is -0.962. The van der Waals surface area contributed by atoms with E-state index in [-0.39, 0.29) is 5.91 Å². The average molecular weight is 289 g/mol. The van der Waals surface area contributed by atoms with E-state index >= 15 is 0 Å². The highest BCUT2D eigenvalue weighted by molar-refractivity contribution is 5.86. The molecule has 1 saturated heterocycles. The van der Waals surface area contributed by atoms with Gasteiger partial charge in [0.15, 0.2) is 0 Å². The van der Waals surface area contributed by atoms with Gasteiger partial charge in [-0.25, -0.2) is 0 Å². The zero-order chi connectivity index (χ0) is 15.5. The Bertz CT molecular complexity index is 472. The number of hydrogen-bond donors (Lipinski definition) is 1. The van der Waals surface area contributed by atoms with E-state index in [1.807, 2.05) is 37.4 Å². The molecule has 1 fully saturated rings. The maximum Gasteiger partial charge on any atom is 0.246 e. The molecule has 116 valence electrons. The van der Waals surface area contributed by atoms with Crippen molar-refractivity contribution in [3.05, 3.63) is 35.9 Å². The number of benzene rings is 1. The second kappa shape index (κ2) is 6.58. The normalized spacial score (nSPS) is 22.6. The molecule has 21 heavy (non-hydrogen) atoms. The summed E-state index contributed by atoms with van der Waals surface area (Å²) < 4.78 is 0. The zero-order valence-electron chi connectivity index (χ0n) is 13.4. The van der Waals surface area contributed by atoms with Gasteiger partial charge in [-0.1, -0.05) is 30.3 Å². The first-order valence-electron chi connectivity index (χ1n) is 7.69. The molecular weight excluding hydrogens is 262 g/mol. The lowest BCUT2D eigenvalue weighted by atomic mass is 9.91. The summed E-state index contributed by atoms with van der Waals surface area (Å²) in [6, 6.07) is 9.61. The van der Waals surface area contributed by atoms with Crippen molar-refractivity contribution in [1.82, 2.24) is 9.80 Å². The highest BCUT2D eigenvalue weighted by Gasteiger charge is 2.34. The number of rotatable bonds is 4. The quantitative estimate of drug-likeness (QED) is 0.917. The van der Waals surface area contributed by atoms with Crippen molar-refractivity contribution < 1.29 is 4.79 Å². The number of likely N-dealkylation sites (tertiary alicyclic amines) is 1. The third kappa shape index (κ3) is 3.83. The molecule has 4 nitrogen and oxygen atoms in total. The minimum absolute atomic E-state index is 0.0121. The molecule has 0 bridgehead atoms. The van der Waals surface area contributed by atoms with Crippen LogP contribution in [0.4, 0.5) is 0 Å². The predicted molar refractivity (Wildman–Crippen MR) is 85.8 cm³/mol. The average Bonchev–Trinajstić information content (AvgIpc) is 2.47. The molecule has 0 saturated carbocycles. The SMILES string of the molecule is CN1CCCC(CN(C)C(=O)C(C)(N)c2ccccc2)C1. The molecule has 1 amide bonds. The molecular formula is C17H27N3O. The van der Waals surface area contributed by atoms with Crippen LogP contribution >= 0.6 is 0 Å². The van der Waals surface area contributed by atoms with Gasteiger partial charge in [0, 0.05) is 20.1 Å². The number of nitrogens with zero attached hydrogens (tertiary/aromatic N) is 2. The summed E-state index contributed by atoms with van der Waals surface area (Å²) in [5.41, 5.74) is 6.22. The summed E-state index contributed by atoms with van der Waals surface area (Å²) in [5, 5.41) is 0. The second-order valence-electron chi connectivity index (χ2n) is 6.52. The molecule has 2 N–H and O–H groups in total. The van der Waals surface area contributed by atoms with Crippen LogP contribution in [0.25, 0.3) is 0 Å². The van der Waals surface area contributed by atoms with Crippen molar-refractivity contribution in [2.45, 2.75) is 25.3 Å². The van der Waals surface area contributed by atoms with E-state index in [1.54, 1.807) is 11.8 Å². The maximum atomic E-state index is 12.7. The number of amides is 1. The van der Waals surface area contributed by atoms with Gasteiger partial charge in [-0.05, 0) is 44.8 Å². The van der Waals surface area contributed by atoms with E-state index in [9.17, 15) is 4.79 Å². The van der Waals surface area contributed by atoms with Gasteiger partial charge in [-0.15, -0.1) is 0 Å². The fourth-order valence-corrected chi connectivity index (χ4v) is 3.20. The summed E-state index contributed by atoms with van der Waals surface area (Å²) in [7, 11) is 4.01. The Labute approximate surface area is 127 Å². The van der Waals surface area contributed by atoms with Gasteiger partial charge in [0.1, 0.15) is 5.54 Å². The molecule has 2 atom stereocenters. The maximum absolute atomic E-state index is 12.7. The number of carbonyl (C=O) groups is 1. The Hall–Kier alpha value is -1.39. The fraction of sp³-hybridized carbons (Fsp3) is 0.588. The molecule has 1 heterocycles. The highest BCUT2D eigenvalue weighted by Crippen LogP contribution is 2.22. The Morgan fingerprint density at radius 2 is 2.10 bits per heavy atom. The fourth-order valence-electron chi connectivity index (χ4n) is 3.20. The van der Waals surface area contributed by atoms with Gasteiger partial charge < -0.3 is 15.5 Å². The first-order valence-corrected chi connectivity index (χ1v) is 7.69. The van der Waals surface area contributed by atoms with Crippen molar-refractivity contribution in [2.24, 2.45) is 11.7 Å². The van der Waals surface area contributed by atoms with Crippen molar-refractivity contribution in [3.8, 4) is 0 Å². The van der Waals surface area contributed by atoms with Crippen molar-refractivity contribution >= 4 is 5.91 Å². The number of carbonyl (C=O) groups excluding carboxylic acids is 1. The summed E-state index contributed by atoms with van der Waals surface area (Å²) in [6.45, 7) is 4.80. The van der Waals surface area contributed by atoms with E-state index in [0.717, 1.165) is 25.2 Å². The van der Waals surface area contributed by atoms with Crippen molar-refractivity contribution in [3.63, 3.8) is 0 Å². The van der Waals surface area contributed by atoms with E-state index in [0.29, 0.717) is 5.92 Å². The van der Waals surface area contributed by atoms with Gasteiger partial charge in [-0.2, -0.15) is 0 Å². The summed E-state index contributed by atoms with van der Waals surface area (Å²) in [4.78, 5) is 16.8. The van der Waals surface area contributed by atoms with E-state index in [1.165, 1.54) is 12.8 Å². The molecule has 2 rings (SSSR count). The number of nitrogens with two attached hydrogens (primary N) is 1. The van der Waals surface area contributed by atoms with Crippen LogP contribution in [0.1, 0.15) is 25.3 Å². The third-order valence-electron chi connectivity index (χ3n) is 4.42. The van der Waals surface area contributed by atoms with Crippen molar-refractivity contribution in [1.29, 1.82) is 0 Å². The monoisotopic (exact) mass is 289 g/mol. The highest BCUT2D eigenvalue weighted by atomic mass is 16.2. The van der Waals surface area contributed by atoms with Crippen LogP contribution in [0.3, 0.4) is 0 Å². The van der Waals surface area contributed by atoms with E-state index < -0.39 is 5.54 Å². The van der Waals surface area contributed by atoms with Crippen LogP contribution in [0, 0.1) is 5.92 Å². The smallest absolute Gasteiger partial charge is 0.246 e. The first kappa shape index (κ1) is 16.0. The predicted octanol–water partition coefficient (Wildman–Crippen LogP) is 1.66. The Balaban J connectivity index is 2.01. The Morgan fingerprint density at radius 1 is 1.43 bits per heavy atom. The lowest BCUT2D eigenvalue weighted by Gasteiger charge is -2.35. The lowest BCUT2D eigenvalue weighted by molar-refractivity contribution is -0.136. The minimum Gasteiger partial charge on any atom is -0.344 e. The van der Waals surface area contributed by atoms with Gasteiger partial charge in [0.25, 0.3) is 0 Å². The number of likely N-dealkylation sites (N-methyl/N-ethyl adjacent to an activating group) is 1. The molecule has 0 aromatic heterocycles. The van der Waals surface area contributed by atoms with Crippen LogP contribution in [0.2, 0.25) is 0 Å². The Morgan fingerprint density at radius 3 is 2.71 bits per heavy atom. The molecule has 4 heteroatoms. The first-order chi connectivity index (χ1) is 9.91. The summed E-state index contributed by atoms with van der Waals surface area (Å²) in [5.74, 6) is 0.534. The van der Waals surface area contributed by atoms with Crippen LogP contribution in [0.5, 0.6) is 0 Å². The van der Waals surface area contributed by atoms with Crippen LogP contribution < -0.4 is 5.73 Å². The van der Waals surface area contributed by atoms with Crippen LogP contribution in [-0.4, -0.2) is 49.4 Å². The molecule has 1 aromatic carbocycles. The van der Waals surface area contributed by atoms with Gasteiger partial charge >= 0.3 is 0 Å². The van der Waals surface area contributed by atoms with Crippen molar-refractivity contribution in [2.75, 3.05) is 33.7 Å². The molecule has 1 aliphatic heterocycles. The van der Waals surface area contributed by atoms with Crippen LogP contribution in [0.15, 0.2) is 30.3 Å². The summed E-state index contributed by atoms with van der Waals surface area (Å²) in [6.07, 6.45) is 2.40. The molecule has 2 unspecified atom stereocenters. The molecule has 0 spiro atoms. The molecule has 1 aliphatic rings. The van der Waals surface area contributed by atoms with E-state index in [2.05, 4.69) is 11.9 Å². The molecule has 1 aromatic rings. The zero-order valence-corrected chi connectivity index (χ0v) is 13.4.